The first-order valence-electron chi connectivity index (χ1n) is 0.918. The van der Waals surface area contributed by atoms with Crippen molar-refractivity contribution in [3.8, 4) is 0 Å². The first-order chi connectivity index (χ1) is 2.56. The average Bonchev–Trinajstić information content (AvgIpc) is 1.35. The van der Waals surface area contributed by atoms with Crippen molar-refractivity contribution in [2.24, 2.45) is 0 Å². The van der Waals surface area contributed by atoms with E-state index in [9.17, 15) is 8.42 Å². The molecule has 1 atom stereocenters. The summed E-state index contributed by atoms with van der Waals surface area (Å²) in [5.74, 6) is 0. The molecule has 0 aromatic heterocycles. The van der Waals surface area contributed by atoms with E-state index in [1.54, 1.807) is 0 Å². The summed E-state index contributed by atoms with van der Waals surface area (Å²) in [6, 6.07) is 0. The zero-order chi connectivity index (χ0) is 5.21. The maximum atomic E-state index is 9.31. The van der Waals surface area contributed by atoms with Crippen LogP contribution in [0.1, 0.15) is 0 Å². The third-order valence-electron chi connectivity index (χ3n) is 0.122. The van der Waals surface area contributed by atoms with E-state index >= 15 is 0 Å². The fourth-order valence-electron chi connectivity index (χ4n) is 0. The van der Waals surface area contributed by atoms with Crippen LogP contribution in [0.4, 0.5) is 0 Å². The topological polar surface area (TPSA) is 63.6 Å². The van der Waals surface area contributed by atoms with E-state index in [0.717, 1.165) is 0 Å². The third kappa shape index (κ3) is 11.2. The maximum absolute atomic E-state index is 9.31. The Morgan fingerprint density at radius 1 is 1.57 bits per heavy atom. The second kappa shape index (κ2) is 4.44. The second-order valence-electron chi connectivity index (χ2n) is 0.524. The van der Waals surface area contributed by atoms with Gasteiger partial charge in [-0.15, -0.1) is 0 Å². The SMILES string of the molecule is O=S(=O)(O)OP.[CaH2]. The molecule has 0 rings (SSSR count). The zero-order valence-electron chi connectivity index (χ0n) is 2.66. The molecule has 0 radical (unpaired) electrons. The summed E-state index contributed by atoms with van der Waals surface area (Å²) < 4.78 is 29.6. The van der Waals surface area contributed by atoms with E-state index in [1.807, 2.05) is 0 Å². The van der Waals surface area contributed by atoms with Gasteiger partial charge in [-0.3, -0.25) is 4.55 Å². The molecule has 1 N–H and O–H groups in total. The van der Waals surface area contributed by atoms with Crippen molar-refractivity contribution in [3.63, 3.8) is 0 Å². The molecule has 0 fully saturated rings. The molecule has 0 heterocycles. The predicted octanol–water partition coefficient (Wildman–Crippen LogP) is -1.32. The average molecular weight is 172 g/mol. The van der Waals surface area contributed by atoms with E-state index in [2.05, 4.69) is 3.97 Å². The molecule has 1 unspecified atom stereocenters. The van der Waals surface area contributed by atoms with E-state index in [4.69, 9.17) is 4.55 Å². The van der Waals surface area contributed by atoms with E-state index in [0.29, 0.717) is 0 Å². The normalized spacial score (nSPS) is 10.0. The van der Waals surface area contributed by atoms with Gasteiger partial charge in [0.1, 0.15) is 0 Å². The summed E-state index contributed by atoms with van der Waals surface area (Å²) in [6.45, 7) is 0. The van der Waals surface area contributed by atoms with Gasteiger partial charge in [0, 0.05) is 9.47 Å². The van der Waals surface area contributed by atoms with Gasteiger partial charge in [0.2, 0.25) is 0 Å². The van der Waals surface area contributed by atoms with Crippen molar-refractivity contribution < 1.29 is 16.9 Å². The van der Waals surface area contributed by atoms with E-state index < -0.39 is 10.4 Å². The fraction of sp³-hybridized carbons (Fsp3) is 0. The standard InChI is InChI=1S/Ca.H3O4PS.2H/c;1-6(2,3)4-5;;/h;5H2,(H,1,2,3);;. The van der Waals surface area contributed by atoms with Crippen molar-refractivity contribution in [2.45, 2.75) is 0 Å². The van der Waals surface area contributed by atoms with Gasteiger partial charge in [0.05, 0.1) is 0 Å². The molecule has 7 heavy (non-hydrogen) atoms. The molecule has 0 saturated carbocycles. The van der Waals surface area contributed by atoms with Gasteiger partial charge < -0.3 is 0 Å². The van der Waals surface area contributed by atoms with Crippen LogP contribution in [0.5, 0.6) is 0 Å². The first-order valence-corrected chi connectivity index (χ1v) is 2.75. The van der Waals surface area contributed by atoms with Crippen molar-refractivity contribution >= 4 is 57.6 Å². The Morgan fingerprint density at radius 2 is 1.71 bits per heavy atom. The summed E-state index contributed by atoms with van der Waals surface area (Å²) in [7, 11) is -2.81. The van der Waals surface area contributed by atoms with Gasteiger partial charge in [-0.1, -0.05) is 0 Å². The minimum atomic E-state index is -4.20. The molecular weight excluding hydrogens is 167 g/mol. The van der Waals surface area contributed by atoms with Crippen LogP contribution in [-0.2, 0) is 14.4 Å². The van der Waals surface area contributed by atoms with Gasteiger partial charge in [-0.05, 0) is 0 Å². The molecule has 0 aliphatic heterocycles. The Morgan fingerprint density at radius 3 is 1.71 bits per heavy atom. The van der Waals surface area contributed by atoms with Crippen LogP contribution in [0.2, 0.25) is 0 Å². The predicted molar refractivity (Wildman–Crippen MR) is 30.9 cm³/mol. The van der Waals surface area contributed by atoms with Crippen LogP contribution in [0, 0.1) is 0 Å². The molecule has 7 heteroatoms. The van der Waals surface area contributed by atoms with Crippen LogP contribution < -0.4 is 0 Å². The first kappa shape index (κ1) is 11.4. The van der Waals surface area contributed by atoms with Gasteiger partial charge >= 0.3 is 48.1 Å². The number of hydrogen-bond acceptors (Lipinski definition) is 3. The molecule has 0 spiro atoms. The molecule has 0 bridgehead atoms. The molecular formula is H5CaO4PS. The van der Waals surface area contributed by atoms with Crippen molar-refractivity contribution in [1.29, 1.82) is 0 Å². The van der Waals surface area contributed by atoms with Crippen molar-refractivity contribution in [2.75, 3.05) is 0 Å². The summed E-state index contributed by atoms with van der Waals surface area (Å²) in [6.07, 6.45) is 0. The summed E-state index contributed by atoms with van der Waals surface area (Å²) in [5.41, 5.74) is 0. The van der Waals surface area contributed by atoms with Crippen LogP contribution in [0.15, 0.2) is 0 Å². The zero-order valence-corrected chi connectivity index (χ0v) is 4.63. The molecule has 0 aliphatic rings. The Balaban J connectivity index is 0. The molecule has 0 aliphatic carbocycles. The molecule has 4 nitrogen and oxygen atoms in total. The Bertz CT molecular complexity index is 114. The van der Waals surface area contributed by atoms with E-state index in [-0.39, 0.29) is 37.7 Å². The molecule has 42 valence electrons. The Hall–Kier alpha value is 1.56. The van der Waals surface area contributed by atoms with Crippen LogP contribution in [-0.4, -0.2) is 50.7 Å². The van der Waals surface area contributed by atoms with Crippen LogP contribution in [0.3, 0.4) is 0 Å². The van der Waals surface area contributed by atoms with Gasteiger partial charge in [-0.2, -0.15) is 8.42 Å². The van der Waals surface area contributed by atoms with Gasteiger partial charge in [0.25, 0.3) is 0 Å². The van der Waals surface area contributed by atoms with Crippen molar-refractivity contribution in [1.82, 2.24) is 0 Å². The Kier molecular flexibility index (Phi) is 7.21. The molecule has 0 saturated heterocycles. The molecule has 0 aromatic rings. The van der Waals surface area contributed by atoms with Crippen molar-refractivity contribution in [3.05, 3.63) is 0 Å². The third-order valence-corrected chi connectivity index (χ3v) is 1.09. The number of hydrogen-bond donors (Lipinski definition) is 1. The summed E-state index contributed by atoms with van der Waals surface area (Å²) >= 11 is 0. The van der Waals surface area contributed by atoms with Gasteiger partial charge in [-0.25, -0.2) is 3.97 Å². The van der Waals surface area contributed by atoms with Gasteiger partial charge in [0.15, 0.2) is 0 Å². The number of rotatable bonds is 1. The van der Waals surface area contributed by atoms with E-state index in [1.165, 1.54) is 9.47 Å². The van der Waals surface area contributed by atoms with Crippen LogP contribution >= 0.6 is 9.47 Å². The quantitative estimate of drug-likeness (QED) is 0.303. The minimum absolute atomic E-state index is 0. The summed E-state index contributed by atoms with van der Waals surface area (Å²) in [5, 5.41) is 0. The van der Waals surface area contributed by atoms with Crippen LogP contribution in [0.25, 0.3) is 0 Å². The second-order valence-corrected chi connectivity index (χ2v) is 2.15. The Labute approximate surface area is 73.9 Å². The summed E-state index contributed by atoms with van der Waals surface area (Å²) in [4.78, 5) is 0. The molecule has 0 amide bonds. The monoisotopic (exact) mass is 172 g/mol. The molecule has 0 aromatic carbocycles. The fourth-order valence-corrected chi connectivity index (χ4v) is 0.